The molecule has 112 valence electrons. The van der Waals surface area contributed by atoms with Gasteiger partial charge in [-0.15, -0.1) is 0 Å². The zero-order valence-electron chi connectivity index (χ0n) is 11.5. The third kappa shape index (κ3) is 3.01. The van der Waals surface area contributed by atoms with Crippen molar-refractivity contribution in [2.24, 2.45) is 0 Å². The van der Waals surface area contributed by atoms with Crippen LogP contribution in [0.1, 0.15) is 5.69 Å². The average molecular weight is 297 g/mol. The second-order valence-corrected chi connectivity index (χ2v) is 4.36. The van der Waals surface area contributed by atoms with Crippen LogP contribution in [0.25, 0.3) is 0 Å². The normalized spacial score (nSPS) is 11.3. The van der Waals surface area contributed by atoms with E-state index in [1.54, 1.807) is 31.3 Å². The first-order valence-electron chi connectivity index (χ1n) is 6.04. The second-order valence-electron chi connectivity index (χ2n) is 4.36. The maximum Gasteiger partial charge on any atom is 0.433 e. The van der Waals surface area contributed by atoms with Gasteiger partial charge in [0.05, 0.1) is 30.4 Å². The molecule has 1 aromatic carbocycles. The molecule has 2 aromatic rings. The Hall–Kier alpha value is -2.44. The number of hydrogen-bond acceptors (Lipinski definition) is 4. The zero-order valence-corrected chi connectivity index (χ0v) is 11.5. The SMILES string of the molecule is COc1ccccc1N(C)c1cc(C(F)(F)F)ncc1N. The van der Waals surface area contributed by atoms with Gasteiger partial charge in [-0.2, -0.15) is 13.2 Å². The number of benzene rings is 1. The summed E-state index contributed by atoms with van der Waals surface area (Å²) >= 11 is 0. The Labute approximate surface area is 120 Å². The van der Waals surface area contributed by atoms with Crippen LogP contribution in [0, 0.1) is 0 Å². The lowest BCUT2D eigenvalue weighted by Gasteiger charge is -2.23. The van der Waals surface area contributed by atoms with Crippen molar-refractivity contribution in [3.05, 3.63) is 42.2 Å². The number of anilines is 3. The Bertz CT molecular complexity index is 644. The number of nitrogens with two attached hydrogens (primary N) is 1. The first-order chi connectivity index (χ1) is 9.84. The van der Waals surface area contributed by atoms with Gasteiger partial charge in [0.1, 0.15) is 11.4 Å². The Balaban J connectivity index is 2.50. The van der Waals surface area contributed by atoms with Crippen molar-refractivity contribution in [3.63, 3.8) is 0 Å². The number of para-hydroxylation sites is 2. The number of rotatable bonds is 3. The number of nitrogens with zero attached hydrogens (tertiary/aromatic N) is 2. The van der Waals surface area contributed by atoms with Crippen molar-refractivity contribution in [1.29, 1.82) is 0 Å². The van der Waals surface area contributed by atoms with E-state index in [1.807, 2.05) is 0 Å². The number of aromatic nitrogens is 1. The molecule has 0 radical (unpaired) electrons. The molecule has 0 unspecified atom stereocenters. The number of hydrogen-bond donors (Lipinski definition) is 1. The smallest absolute Gasteiger partial charge is 0.433 e. The highest BCUT2D eigenvalue weighted by Crippen LogP contribution is 2.37. The molecular weight excluding hydrogens is 283 g/mol. The lowest BCUT2D eigenvalue weighted by atomic mass is 10.2. The van der Waals surface area contributed by atoms with Crippen molar-refractivity contribution in [2.45, 2.75) is 6.18 Å². The monoisotopic (exact) mass is 297 g/mol. The van der Waals surface area contributed by atoms with Gasteiger partial charge in [-0.25, -0.2) is 4.98 Å². The van der Waals surface area contributed by atoms with Gasteiger partial charge in [-0.1, -0.05) is 12.1 Å². The predicted octanol–water partition coefficient (Wildman–Crippen LogP) is 3.46. The maximum atomic E-state index is 12.8. The van der Waals surface area contributed by atoms with Gasteiger partial charge < -0.3 is 15.4 Å². The predicted molar refractivity (Wildman–Crippen MR) is 74.7 cm³/mol. The van der Waals surface area contributed by atoms with Crippen LogP contribution in [0.2, 0.25) is 0 Å². The minimum atomic E-state index is -4.52. The van der Waals surface area contributed by atoms with E-state index in [9.17, 15) is 13.2 Å². The summed E-state index contributed by atoms with van der Waals surface area (Å²) < 4.78 is 43.5. The fraction of sp³-hybridized carbons (Fsp3) is 0.214. The summed E-state index contributed by atoms with van der Waals surface area (Å²) in [7, 11) is 3.10. The molecule has 0 amide bonds. The molecule has 0 atom stereocenters. The largest absolute Gasteiger partial charge is 0.495 e. The third-order valence-corrected chi connectivity index (χ3v) is 3.01. The van der Waals surface area contributed by atoms with Crippen LogP contribution in [-0.2, 0) is 6.18 Å². The molecule has 1 heterocycles. The summed E-state index contributed by atoms with van der Waals surface area (Å²) in [5.41, 5.74) is 5.72. The molecule has 0 saturated heterocycles. The van der Waals surface area contributed by atoms with Crippen LogP contribution in [0.3, 0.4) is 0 Å². The van der Waals surface area contributed by atoms with Gasteiger partial charge in [-0.05, 0) is 18.2 Å². The van der Waals surface area contributed by atoms with Crippen molar-refractivity contribution >= 4 is 17.1 Å². The Kier molecular flexibility index (Phi) is 3.93. The molecule has 0 saturated carbocycles. The third-order valence-electron chi connectivity index (χ3n) is 3.01. The minimum absolute atomic E-state index is 0.149. The second kappa shape index (κ2) is 5.51. The van der Waals surface area contributed by atoms with Crippen LogP contribution >= 0.6 is 0 Å². The Morgan fingerprint density at radius 2 is 1.86 bits per heavy atom. The molecule has 7 heteroatoms. The van der Waals surface area contributed by atoms with Crippen LogP contribution in [0.4, 0.5) is 30.2 Å². The van der Waals surface area contributed by atoms with Crippen LogP contribution in [0.15, 0.2) is 36.5 Å². The van der Waals surface area contributed by atoms with Gasteiger partial charge in [0, 0.05) is 7.05 Å². The molecule has 0 aliphatic carbocycles. The van der Waals surface area contributed by atoms with Crippen LogP contribution in [0.5, 0.6) is 5.75 Å². The fourth-order valence-electron chi connectivity index (χ4n) is 1.94. The molecule has 21 heavy (non-hydrogen) atoms. The highest BCUT2D eigenvalue weighted by Gasteiger charge is 2.33. The topological polar surface area (TPSA) is 51.4 Å². The van der Waals surface area contributed by atoms with Crippen molar-refractivity contribution in [1.82, 2.24) is 4.98 Å². The highest BCUT2D eigenvalue weighted by molar-refractivity contribution is 5.76. The minimum Gasteiger partial charge on any atom is -0.495 e. The molecule has 0 bridgehead atoms. The molecule has 1 aromatic heterocycles. The van der Waals surface area contributed by atoms with Gasteiger partial charge in [0.25, 0.3) is 0 Å². The van der Waals surface area contributed by atoms with Crippen molar-refractivity contribution in [2.75, 3.05) is 24.8 Å². The number of pyridine rings is 1. The average Bonchev–Trinajstić information content (AvgIpc) is 2.45. The molecular formula is C14H14F3N3O. The zero-order chi connectivity index (χ0) is 15.6. The van der Waals surface area contributed by atoms with Gasteiger partial charge >= 0.3 is 6.18 Å². The molecule has 0 aliphatic rings. The van der Waals surface area contributed by atoms with E-state index in [1.165, 1.54) is 12.0 Å². The summed E-state index contributed by atoms with van der Waals surface area (Å²) in [6.45, 7) is 0. The number of ether oxygens (including phenoxy) is 1. The summed E-state index contributed by atoms with van der Waals surface area (Å²) in [5.74, 6) is 0.532. The number of halogens is 3. The molecule has 2 rings (SSSR count). The Morgan fingerprint density at radius 3 is 2.48 bits per heavy atom. The van der Waals surface area contributed by atoms with Gasteiger partial charge in [0.15, 0.2) is 0 Å². The molecule has 0 spiro atoms. The summed E-state index contributed by atoms with van der Waals surface area (Å²) in [6.07, 6.45) is -3.52. The van der Waals surface area contributed by atoms with E-state index in [-0.39, 0.29) is 11.4 Å². The van der Waals surface area contributed by atoms with Crippen LogP contribution in [-0.4, -0.2) is 19.1 Å². The summed E-state index contributed by atoms with van der Waals surface area (Å²) in [5, 5.41) is 0. The summed E-state index contributed by atoms with van der Waals surface area (Å²) in [6, 6.07) is 7.89. The van der Waals surface area contributed by atoms with Crippen molar-refractivity contribution < 1.29 is 17.9 Å². The van der Waals surface area contributed by atoms with E-state index in [4.69, 9.17) is 10.5 Å². The van der Waals surface area contributed by atoms with E-state index >= 15 is 0 Å². The molecule has 0 fully saturated rings. The highest BCUT2D eigenvalue weighted by atomic mass is 19.4. The van der Waals surface area contributed by atoms with Crippen molar-refractivity contribution in [3.8, 4) is 5.75 Å². The van der Waals surface area contributed by atoms with Crippen LogP contribution < -0.4 is 15.4 Å². The lowest BCUT2D eigenvalue weighted by molar-refractivity contribution is -0.141. The van der Waals surface area contributed by atoms with E-state index < -0.39 is 11.9 Å². The maximum absolute atomic E-state index is 12.8. The van der Waals surface area contributed by atoms with Gasteiger partial charge in [-0.3, -0.25) is 0 Å². The van der Waals surface area contributed by atoms with E-state index in [2.05, 4.69) is 4.98 Å². The molecule has 2 N–H and O–H groups in total. The fourth-order valence-corrected chi connectivity index (χ4v) is 1.94. The Morgan fingerprint density at radius 1 is 1.19 bits per heavy atom. The summed E-state index contributed by atoms with van der Waals surface area (Å²) in [4.78, 5) is 4.85. The molecule has 0 aliphatic heterocycles. The first kappa shape index (κ1) is 15.0. The lowest BCUT2D eigenvalue weighted by Crippen LogP contribution is -2.16. The number of alkyl halides is 3. The standard InChI is InChI=1S/C14H14F3N3O/c1-20(10-5-3-4-6-12(10)21-2)11-7-13(14(15,16)17)19-8-9(11)18/h3-8H,18H2,1-2H3. The van der Waals surface area contributed by atoms with E-state index in [0.29, 0.717) is 11.4 Å². The quantitative estimate of drug-likeness (QED) is 0.942. The van der Waals surface area contributed by atoms with E-state index in [0.717, 1.165) is 12.3 Å². The molecule has 4 nitrogen and oxygen atoms in total. The number of nitrogen functional groups attached to an aromatic ring is 1. The van der Waals surface area contributed by atoms with Gasteiger partial charge in [0.2, 0.25) is 0 Å². The first-order valence-corrected chi connectivity index (χ1v) is 6.04. The number of methoxy groups -OCH3 is 1.